The first-order valence-electron chi connectivity index (χ1n) is 5.21. The van der Waals surface area contributed by atoms with Crippen LogP contribution in [0.15, 0.2) is 47.6 Å². The van der Waals surface area contributed by atoms with Crippen LogP contribution in [0.1, 0.15) is 5.56 Å². The molecule has 0 radical (unpaired) electrons. The Morgan fingerprint density at radius 2 is 2.00 bits per heavy atom. The van der Waals surface area contributed by atoms with Gasteiger partial charge in [-0.25, -0.2) is 4.31 Å². The molecule has 0 aliphatic carbocycles. The number of hydrogen-bond donors (Lipinski definition) is 0. The fraction of sp³-hybridized carbons (Fsp3) is 0.0833. The average molecular weight is 246 g/mol. The number of benzene rings is 2. The molecule has 0 fully saturated rings. The first-order valence-corrected chi connectivity index (χ1v) is 6.24. The van der Waals surface area contributed by atoms with Gasteiger partial charge in [0.2, 0.25) is 0 Å². The van der Waals surface area contributed by atoms with E-state index in [-0.39, 0.29) is 0 Å². The molecular weight excluding hydrogens is 236 g/mol. The van der Waals surface area contributed by atoms with Gasteiger partial charge in [-0.05, 0) is 16.3 Å². The Morgan fingerprint density at radius 3 is 2.82 bits per heavy atom. The zero-order chi connectivity index (χ0) is 11.7. The molecule has 1 atom stereocenters. The largest absolute Gasteiger partial charge is 0.341 e. The summed E-state index contributed by atoms with van der Waals surface area (Å²) >= 11 is -1.49. The Kier molecular flexibility index (Phi) is 2.53. The van der Waals surface area contributed by atoms with E-state index >= 15 is 0 Å². The van der Waals surface area contributed by atoms with Crippen LogP contribution in [0.3, 0.4) is 0 Å². The summed E-state index contributed by atoms with van der Waals surface area (Å²) in [7, 11) is 0. The van der Waals surface area contributed by atoms with Crippen LogP contribution in [0.4, 0.5) is 0 Å². The average Bonchev–Trinajstić information content (AvgIpc) is 2.76. The van der Waals surface area contributed by atoms with Crippen molar-refractivity contribution in [3.05, 3.63) is 48.0 Å². The van der Waals surface area contributed by atoms with Crippen molar-refractivity contribution in [1.29, 1.82) is 0 Å². The predicted octanol–water partition coefficient (Wildman–Crippen LogP) is 2.19. The molecule has 0 amide bonds. The minimum absolute atomic E-state index is 0.525. The Hall–Kier alpha value is -1.88. The third-order valence-electron chi connectivity index (χ3n) is 2.68. The monoisotopic (exact) mass is 246 g/mol. The van der Waals surface area contributed by atoms with Gasteiger partial charge in [-0.2, -0.15) is 4.21 Å². The second kappa shape index (κ2) is 4.18. The summed E-state index contributed by atoms with van der Waals surface area (Å²) in [6.07, 6.45) is 1.46. The second-order valence-corrected chi connectivity index (χ2v) is 4.78. The number of oxime groups is 1. The molecule has 0 N–H and O–H groups in total. The molecule has 0 spiro atoms. The molecule has 0 saturated carbocycles. The van der Waals surface area contributed by atoms with Crippen LogP contribution >= 0.6 is 0 Å². The molecule has 1 heterocycles. The normalized spacial score (nSPS) is 18.6. The lowest BCUT2D eigenvalue weighted by atomic mass is 10.0. The second-order valence-electron chi connectivity index (χ2n) is 3.73. The SMILES string of the molecule is O=S1ON=CN1Cc1cccc2ccccc12. The van der Waals surface area contributed by atoms with Gasteiger partial charge < -0.3 is 0 Å². The molecule has 5 heteroatoms. The smallest absolute Gasteiger partial charge is 0.269 e. The zero-order valence-electron chi connectivity index (χ0n) is 8.95. The van der Waals surface area contributed by atoms with Gasteiger partial charge in [0, 0.05) is 0 Å². The lowest BCUT2D eigenvalue weighted by Crippen LogP contribution is -2.19. The van der Waals surface area contributed by atoms with E-state index in [0.717, 1.165) is 10.9 Å². The van der Waals surface area contributed by atoms with E-state index in [9.17, 15) is 4.21 Å². The van der Waals surface area contributed by atoms with Gasteiger partial charge in [0.1, 0.15) is 6.34 Å². The van der Waals surface area contributed by atoms with Crippen LogP contribution in [0.2, 0.25) is 0 Å². The molecular formula is C12H10N2O2S. The lowest BCUT2D eigenvalue weighted by molar-refractivity contribution is 0.378. The van der Waals surface area contributed by atoms with Gasteiger partial charge in [-0.3, -0.25) is 4.28 Å². The highest BCUT2D eigenvalue weighted by molar-refractivity contribution is 7.78. The number of rotatable bonds is 2. The summed E-state index contributed by atoms with van der Waals surface area (Å²) in [4.78, 5) is 0. The van der Waals surface area contributed by atoms with Crippen molar-refractivity contribution < 1.29 is 8.49 Å². The summed E-state index contributed by atoms with van der Waals surface area (Å²) in [5.74, 6) is 0. The third-order valence-corrected chi connectivity index (χ3v) is 3.50. The van der Waals surface area contributed by atoms with E-state index in [2.05, 4.69) is 27.6 Å². The standard InChI is InChI=1S/C12H10N2O2S/c15-17-14(9-13-16-17)8-11-6-3-5-10-4-1-2-7-12(10)11/h1-7,9H,8H2. The maximum absolute atomic E-state index is 11.4. The quantitative estimate of drug-likeness (QED) is 0.815. The van der Waals surface area contributed by atoms with Crippen molar-refractivity contribution in [2.24, 2.45) is 5.16 Å². The molecule has 4 nitrogen and oxygen atoms in total. The fourth-order valence-electron chi connectivity index (χ4n) is 1.88. The number of fused-ring (bicyclic) bond motifs is 1. The summed E-state index contributed by atoms with van der Waals surface area (Å²) in [6.45, 7) is 0.525. The number of nitrogens with zero attached hydrogens (tertiary/aromatic N) is 2. The molecule has 1 aliphatic heterocycles. The van der Waals surface area contributed by atoms with Crippen molar-refractivity contribution >= 4 is 28.4 Å². The van der Waals surface area contributed by atoms with Crippen molar-refractivity contribution in [2.45, 2.75) is 6.54 Å². The van der Waals surface area contributed by atoms with Crippen LogP contribution in [-0.4, -0.2) is 14.9 Å². The van der Waals surface area contributed by atoms with Gasteiger partial charge in [0.25, 0.3) is 0 Å². The van der Waals surface area contributed by atoms with Gasteiger partial charge >= 0.3 is 11.3 Å². The molecule has 2 aromatic rings. The van der Waals surface area contributed by atoms with Gasteiger partial charge in [-0.1, -0.05) is 47.6 Å². The van der Waals surface area contributed by atoms with Gasteiger partial charge in [-0.15, -0.1) is 0 Å². The van der Waals surface area contributed by atoms with E-state index in [1.165, 1.54) is 11.7 Å². The van der Waals surface area contributed by atoms with Crippen LogP contribution in [0.5, 0.6) is 0 Å². The van der Waals surface area contributed by atoms with Crippen LogP contribution < -0.4 is 0 Å². The highest BCUT2D eigenvalue weighted by Gasteiger charge is 2.18. The molecule has 2 aromatic carbocycles. The molecule has 1 unspecified atom stereocenters. The highest BCUT2D eigenvalue weighted by atomic mass is 32.2. The van der Waals surface area contributed by atoms with Crippen molar-refractivity contribution in [1.82, 2.24) is 4.31 Å². The third kappa shape index (κ3) is 1.89. The fourth-order valence-corrected chi connectivity index (χ4v) is 2.44. The van der Waals surface area contributed by atoms with Crippen molar-refractivity contribution in [3.8, 4) is 0 Å². The Bertz CT molecular complexity index is 607. The Balaban J connectivity index is 2.00. The van der Waals surface area contributed by atoms with Crippen molar-refractivity contribution in [3.63, 3.8) is 0 Å². The first kappa shape index (κ1) is 10.3. The molecule has 0 bridgehead atoms. The molecule has 86 valence electrons. The summed E-state index contributed by atoms with van der Waals surface area (Å²) in [5.41, 5.74) is 1.11. The van der Waals surface area contributed by atoms with Crippen molar-refractivity contribution in [2.75, 3.05) is 0 Å². The zero-order valence-corrected chi connectivity index (χ0v) is 9.76. The van der Waals surface area contributed by atoms with E-state index in [4.69, 9.17) is 0 Å². The summed E-state index contributed by atoms with van der Waals surface area (Å²) in [6, 6.07) is 14.2. The highest BCUT2D eigenvalue weighted by Crippen LogP contribution is 2.21. The predicted molar refractivity (Wildman–Crippen MR) is 67.2 cm³/mol. The Labute approximate surface area is 101 Å². The molecule has 1 aliphatic rings. The van der Waals surface area contributed by atoms with Crippen LogP contribution in [0, 0.1) is 0 Å². The van der Waals surface area contributed by atoms with Crippen LogP contribution in [-0.2, 0) is 22.1 Å². The molecule has 3 rings (SSSR count). The van der Waals surface area contributed by atoms with Gasteiger partial charge in [0.15, 0.2) is 0 Å². The maximum Gasteiger partial charge on any atom is 0.341 e. The first-order chi connectivity index (χ1) is 8.34. The topological polar surface area (TPSA) is 41.9 Å². The van der Waals surface area contributed by atoms with Crippen LogP contribution in [0.25, 0.3) is 10.8 Å². The molecule has 0 aromatic heterocycles. The van der Waals surface area contributed by atoms with E-state index in [1.54, 1.807) is 4.31 Å². The minimum atomic E-state index is -1.49. The van der Waals surface area contributed by atoms with E-state index < -0.39 is 11.3 Å². The Morgan fingerprint density at radius 1 is 1.18 bits per heavy atom. The minimum Gasteiger partial charge on any atom is -0.269 e. The number of hydrogen-bond acceptors (Lipinski definition) is 3. The molecule has 0 saturated heterocycles. The molecule has 17 heavy (non-hydrogen) atoms. The van der Waals surface area contributed by atoms with Gasteiger partial charge in [0.05, 0.1) is 6.54 Å². The lowest BCUT2D eigenvalue weighted by Gasteiger charge is -2.11. The van der Waals surface area contributed by atoms with E-state index in [1.807, 2.05) is 24.3 Å². The summed E-state index contributed by atoms with van der Waals surface area (Å²) < 4.78 is 17.6. The maximum atomic E-state index is 11.4. The van der Waals surface area contributed by atoms with E-state index in [0.29, 0.717) is 6.54 Å². The summed E-state index contributed by atoms with van der Waals surface area (Å²) in [5, 5.41) is 5.86.